The molecule has 2 aromatic rings. The number of ether oxygens (including phenoxy) is 2. The summed E-state index contributed by atoms with van der Waals surface area (Å²) in [7, 11) is -8.24. The summed E-state index contributed by atoms with van der Waals surface area (Å²) in [5, 5.41) is 7.08. The summed E-state index contributed by atoms with van der Waals surface area (Å²) in [6, 6.07) is 9.90. The Morgan fingerprint density at radius 2 is 1.10 bits per heavy atom. The molecule has 0 saturated carbocycles. The Hall–Kier alpha value is -3.20. The molecule has 4 atom stereocenters. The number of aryl methyl sites for hydroxylation is 2. The van der Waals surface area contributed by atoms with Gasteiger partial charge in [0, 0.05) is 22.9 Å². The molecule has 39 heavy (non-hydrogen) atoms. The SMILES string of the molecule is Cc1ccc(S(=O)(=O)NC(CN=[N+]=[N-])C2OC(C)(C)OC2C(CN=[N+]=[N-])NS(=O)(=O)c2ccc(C)cc2)cc1. The molecule has 0 radical (unpaired) electrons. The molecule has 16 heteroatoms. The third-order valence-corrected chi connectivity index (χ3v) is 8.93. The Morgan fingerprint density at radius 3 is 1.41 bits per heavy atom. The molecule has 1 saturated heterocycles. The van der Waals surface area contributed by atoms with Crippen LogP contribution < -0.4 is 9.44 Å². The summed E-state index contributed by atoms with van der Waals surface area (Å²) < 4.78 is 69.9. The van der Waals surface area contributed by atoms with Gasteiger partial charge in [-0.3, -0.25) is 0 Å². The highest BCUT2D eigenvalue weighted by Crippen LogP contribution is 2.33. The maximum Gasteiger partial charge on any atom is 0.240 e. The highest BCUT2D eigenvalue weighted by molar-refractivity contribution is 7.89. The van der Waals surface area contributed by atoms with Crippen LogP contribution in [0.25, 0.3) is 20.9 Å². The van der Waals surface area contributed by atoms with Crippen molar-refractivity contribution in [1.29, 1.82) is 0 Å². The first-order chi connectivity index (χ1) is 18.3. The fraction of sp³-hybridized carbons (Fsp3) is 0.478. The van der Waals surface area contributed by atoms with E-state index in [2.05, 4.69) is 29.5 Å². The van der Waals surface area contributed by atoms with Crippen molar-refractivity contribution in [2.75, 3.05) is 13.1 Å². The predicted octanol–water partition coefficient (Wildman–Crippen LogP) is 3.44. The quantitative estimate of drug-likeness (QED) is 0.219. The van der Waals surface area contributed by atoms with Crippen LogP contribution in [0.15, 0.2) is 68.6 Å². The summed E-state index contributed by atoms with van der Waals surface area (Å²) in [5.74, 6) is -1.29. The van der Waals surface area contributed by atoms with Crippen LogP contribution in [-0.4, -0.2) is 60.0 Å². The molecule has 0 aromatic heterocycles. The van der Waals surface area contributed by atoms with Crippen molar-refractivity contribution in [3.8, 4) is 0 Å². The molecule has 1 aliphatic rings. The Bertz CT molecular complexity index is 1360. The van der Waals surface area contributed by atoms with Crippen molar-refractivity contribution in [1.82, 2.24) is 9.44 Å². The minimum absolute atomic E-state index is 0.0283. The second kappa shape index (κ2) is 12.3. The highest BCUT2D eigenvalue weighted by Gasteiger charge is 2.49. The lowest BCUT2D eigenvalue weighted by Gasteiger charge is -2.30. The lowest BCUT2D eigenvalue weighted by molar-refractivity contribution is -0.149. The highest BCUT2D eigenvalue weighted by atomic mass is 32.2. The number of rotatable bonds is 12. The smallest absolute Gasteiger partial charge is 0.240 e. The molecule has 3 rings (SSSR count). The first kappa shape index (κ1) is 30.3. The van der Waals surface area contributed by atoms with E-state index in [-0.39, 0.29) is 22.9 Å². The fourth-order valence-corrected chi connectivity index (χ4v) is 6.55. The van der Waals surface area contributed by atoms with Crippen molar-refractivity contribution >= 4 is 20.0 Å². The van der Waals surface area contributed by atoms with Crippen LogP contribution in [0.4, 0.5) is 0 Å². The molecular weight excluding hydrogens is 548 g/mol. The number of sulfonamides is 2. The van der Waals surface area contributed by atoms with Gasteiger partial charge >= 0.3 is 0 Å². The first-order valence-electron chi connectivity index (χ1n) is 11.8. The second-order valence-corrected chi connectivity index (χ2v) is 12.9. The lowest BCUT2D eigenvalue weighted by Crippen LogP contribution is -2.56. The van der Waals surface area contributed by atoms with Gasteiger partial charge in [-0.1, -0.05) is 45.6 Å². The van der Waals surface area contributed by atoms with E-state index >= 15 is 0 Å². The molecule has 4 unspecified atom stereocenters. The molecule has 2 N–H and O–H groups in total. The van der Waals surface area contributed by atoms with Crippen LogP contribution in [0.1, 0.15) is 25.0 Å². The van der Waals surface area contributed by atoms with Gasteiger partial charge in [-0.2, -0.15) is 0 Å². The first-order valence-corrected chi connectivity index (χ1v) is 14.8. The molecule has 2 aromatic carbocycles. The van der Waals surface area contributed by atoms with Gasteiger partial charge in [0.2, 0.25) is 20.0 Å². The van der Waals surface area contributed by atoms with Gasteiger partial charge < -0.3 is 9.47 Å². The monoisotopic (exact) mass is 578 g/mol. The lowest BCUT2D eigenvalue weighted by atomic mass is 10.0. The predicted molar refractivity (Wildman–Crippen MR) is 142 cm³/mol. The summed E-state index contributed by atoms with van der Waals surface area (Å²) in [6.07, 6.45) is -2.30. The standard InChI is InChI=1S/C23H30N8O6S2/c1-15-5-9-17(10-6-15)38(32,33)28-19(13-26-30-24)21-22(37-23(3,4)36-21)20(14-27-31-25)29-39(34,35)18-11-7-16(2)8-12-18/h5-12,19-22,28-29H,13-14H2,1-4H3. The van der Waals surface area contributed by atoms with E-state index in [0.29, 0.717) is 0 Å². The number of nitrogens with zero attached hydrogens (tertiary/aromatic N) is 6. The largest absolute Gasteiger partial charge is 0.343 e. The maximum atomic E-state index is 13.2. The zero-order valence-corrected chi connectivity index (χ0v) is 23.4. The Morgan fingerprint density at radius 1 is 0.769 bits per heavy atom. The molecule has 0 amide bonds. The topological polar surface area (TPSA) is 208 Å². The zero-order valence-electron chi connectivity index (χ0n) is 21.8. The molecule has 1 aliphatic heterocycles. The van der Waals surface area contributed by atoms with E-state index in [1.54, 1.807) is 38.1 Å². The molecule has 0 aliphatic carbocycles. The molecule has 14 nitrogen and oxygen atoms in total. The van der Waals surface area contributed by atoms with Crippen molar-refractivity contribution in [2.24, 2.45) is 10.2 Å². The molecule has 1 heterocycles. The molecular formula is C23H30N8O6S2. The summed E-state index contributed by atoms with van der Waals surface area (Å²) in [4.78, 5) is 5.42. The normalized spacial score (nSPS) is 20.4. The molecule has 0 bridgehead atoms. The van der Waals surface area contributed by atoms with Crippen molar-refractivity contribution in [3.05, 3.63) is 80.5 Å². The van der Waals surface area contributed by atoms with Crippen LogP contribution in [0.2, 0.25) is 0 Å². The average molecular weight is 579 g/mol. The third kappa shape index (κ3) is 7.91. The number of hydrogen-bond donors (Lipinski definition) is 2. The van der Waals surface area contributed by atoms with Crippen molar-refractivity contribution < 1.29 is 26.3 Å². The van der Waals surface area contributed by atoms with E-state index in [9.17, 15) is 16.8 Å². The number of hydrogen-bond acceptors (Lipinski definition) is 8. The van der Waals surface area contributed by atoms with Gasteiger partial charge in [0.1, 0.15) is 12.2 Å². The Kier molecular flexibility index (Phi) is 9.59. The zero-order chi connectivity index (χ0) is 28.8. The Balaban J connectivity index is 2.00. The van der Waals surface area contributed by atoms with Crippen LogP contribution in [0, 0.1) is 13.8 Å². The molecule has 1 fully saturated rings. The number of benzene rings is 2. The van der Waals surface area contributed by atoms with E-state index in [4.69, 9.17) is 20.5 Å². The summed E-state index contributed by atoms with van der Waals surface area (Å²) in [5.41, 5.74) is 19.6. The minimum atomic E-state index is -4.12. The second-order valence-electron chi connectivity index (χ2n) is 9.47. The summed E-state index contributed by atoms with van der Waals surface area (Å²) >= 11 is 0. The van der Waals surface area contributed by atoms with Crippen LogP contribution in [0.3, 0.4) is 0 Å². The molecule has 210 valence electrons. The Labute approximate surface area is 227 Å². The molecule has 0 spiro atoms. The number of azide groups is 2. The van der Waals surface area contributed by atoms with E-state index < -0.39 is 50.1 Å². The van der Waals surface area contributed by atoms with Crippen LogP contribution in [-0.2, 0) is 29.5 Å². The van der Waals surface area contributed by atoms with Crippen LogP contribution >= 0.6 is 0 Å². The van der Waals surface area contributed by atoms with Gasteiger partial charge in [-0.25, -0.2) is 26.3 Å². The van der Waals surface area contributed by atoms with Crippen molar-refractivity contribution in [2.45, 2.75) is 67.6 Å². The summed E-state index contributed by atoms with van der Waals surface area (Å²) in [6.45, 7) is 6.01. The maximum absolute atomic E-state index is 13.2. The van der Waals surface area contributed by atoms with E-state index in [1.807, 2.05) is 13.8 Å². The van der Waals surface area contributed by atoms with E-state index in [0.717, 1.165) is 11.1 Å². The van der Waals surface area contributed by atoms with Gasteiger partial charge in [0.05, 0.1) is 21.9 Å². The van der Waals surface area contributed by atoms with Gasteiger partial charge in [-0.15, -0.1) is 0 Å². The van der Waals surface area contributed by atoms with Gasteiger partial charge in [0.15, 0.2) is 5.79 Å². The number of nitrogens with one attached hydrogen (secondary N) is 2. The van der Waals surface area contributed by atoms with Crippen LogP contribution in [0.5, 0.6) is 0 Å². The van der Waals surface area contributed by atoms with Gasteiger partial charge in [-0.05, 0) is 63.0 Å². The average Bonchev–Trinajstić information content (AvgIpc) is 3.20. The van der Waals surface area contributed by atoms with Gasteiger partial charge in [0.25, 0.3) is 0 Å². The van der Waals surface area contributed by atoms with E-state index in [1.165, 1.54) is 24.3 Å². The van der Waals surface area contributed by atoms with Crippen molar-refractivity contribution in [3.63, 3.8) is 0 Å². The fourth-order valence-electron chi connectivity index (χ4n) is 4.07. The third-order valence-electron chi connectivity index (χ3n) is 5.92. The minimum Gasteiger partial charge on any atom is -0.343 e.